The molecular formula is C19H19NO5. The van der Waals surface area contributed by atoms with Crippen molar-refractivity contribution in [2.45, 2.75) is 17.7 Å². The summed E-state index contributed by atoms with van der Waals surface area (Å²) in [5, 5.41) is 3.29. The maximum absolute atomic E-state index is 12.4. The number of benzene rings is 1. The molecule has 0 aliphatic carbocycles. The molecule has 6 heteroatoms. The van der Waals surface area contributed by atoms with Gasteiger partial charge in [-0.15, -0.1) is 6.58 Å². The molecule has 0 fully saturated rings. The molecule has 1 aromatic rings. The van der Waals surface area contributed by atoms with Crippen LogP contribution in [0, 0.1) is 0 Å². The lowest BCUT2D eigenvalue weighted by Crippen LogP contribution is -2.47. The average molecular weight is 341 g/mol. The summed E-state index contributed by atoms with van der Waals surface area (Å²) in [4.78, 5) is 24.6. The third-order valence-corrected chi connectivity index (χ3v) is 4.37. The van der Waals surface area contributed by atoms with Gasteiger partial charge in [0.15, 0.2) is 0 Å². The van der Waals surface area contributed by atoms with Crippen molar-refractivity contribution in [3.8, 4) is 0 Å². The first kappa shape index (κ1) is 17.0. The van der Waals surface area contributed by atoms with Crippen LogP contribution < -0.4 is 5.32 Å². The van der Waals surface area contributed by atoms with Crippen LogP contribution in [0.1, 0.15) is 0 Å². The zero-order valence-electron chi connectivity index (χ0n) is 14.0. The summed E-state index contributed by atoms with van der Waals surface area (Å²) in [7, 11) is 2.53. The second-order valence-electron chi connectivity index (χ2n) is 5.69. The van der Waals surface area contributed by atoms with Crippen LogP contribution >= 0.6 is 0 Å². The van der Waals surface area contributed by atoms with Gasteiger partial charge < -0.3 is 19.5 Å². The van der Waals surface area contributed by atoms with E-state index in [9.17, 15) is 9.59 Å². The Morgan fingerprint density at radius 2 is 1.92 bits per heavy atom. The average Bonchev–Trinajstić information content (AvgIpc) is 3.23. The first-order valence-corrected chi connectivity index (χ1v) is 7.80. The summed E-state index contributed by atoms with van der Waals surface area (Å²) in [6, 6.07) is 8.97. The number of hydrogen-bond acceptors (Lipinski definition) is 6. The van der Waals surface area contributed by atoms with E-state index in [-0.39, 0.29) is 11.1 Å². The summed E-state index contributed by atoms with van der Waals surface area (Å²) >= 11 is 0. The molecule has 2 bridgehead atoms. The molecule has 2 aliphatic rings. The maximum atomic E-state index is 12.4. The van der Waals surface area contributed by atoms with Crippen molar-refractivity contribution in [1.29, 1.82) is 0 Å². The van der Waals surface area contributed by atoms with E-state index < -0.39 is 29.7 Å². The molecule has 0 aromatic heterocycles. The molecule has 2 aliphatic heterocycles. The van der Waals surface area contributed by atoms with Gasteiger partial charge in [0.2, 0.25) is 0 Å². The van der Waals surface area contributed by atoms with E-state index in [1.165, 1.54) is 14.2 Å². The minimum absolute atomic E-state index is 0.141. The van der Waals surface area contributed by atoms with E-state index in [1.54, 1.807) is 18.2 Å². The number of rotatable bonds is 6. The second-order valence-corrected chi connectivity index (χ2v) is 5.69. The molecular weight excluding hydrogens is 322 g/mol. The van der Waals surface area contributed by atoms with E-state index in [2.05, 4.69) is 11.9 Å². The third-order valence-electron chi connectivity index (χ3n) is 4.37. The van der Waals surface area contributed by atoms with Crippen LogP contribution in [-0.4, -0.2) is 43.9 Å². The van der Waals surface area contributed by atoms with Gasteiger partial charge in [0, 0.05) is 5.69 Å². The van der Waals surface area contributed by atoms with Gasteiger partial charge in [0.25, 0.3) is 0 Å². The molecule has 6 nitrogen and oxygen atoms in total. The lowest BCUT2D eigenvalue weighted by atomic mass is 9.81. The molecule has 0 radical (unpaired) electrons. The third kappa shape index (κ3) is 2.64. The Bertz CT molecular complexity index is 767. The normalized spacial score (nSPS) is 24.8. The van der Waals surface area contributed by atoms with E-state index in [4.69, 9.17) is 14.2 Å². The number of nitrogens with one attached hydrogen (secondary N) is 1. The SMILES string of the molecule is C=C[C@@H](Nc1ccccc1)C12C=CC(O1)C(C(=O)OC)=C2C(=O)OC. The van der Waals surface area contributed by atoms with Crippen molar-refractivity contribution in [2.75, 3.05) is 19.5 Å². The molecule has 0 saturated carbocycles. The van der Waals surface area contributed by atoms with Crippen LogP contribution in [-0.2, 0) is 23.8 Å². The summed E-state index contributed by atoms with van der Waals surface area (Å²) in [6.07, 6.45) is 4.49. The fraction of sp³-hybridized carbons (Fsp3) is 0.263. The Kier molecular flexibility index (Phi) is 4.46. The standard InChI is InChI=1S/C19H19NO5/c1-4-14(20-12-8-6-5-7-9-12)19-11-10-13(25-19)15(17(21)23-2)16(19)18(22)24-3/h4-11,13-14,20H,1H2,2-3H3/t13?,14-,19?/m1/s1. The van der Waals surface area contributed by atoms with Crippen molar-refractivity contribution in [2.24, 2.45) is 0 Å². The minimum atomic E-state index is -1.18. The van der Waals surface area contributed by atoms with Crippen LogP contribution in [0.4, 0.5) is 5.69 Å². The number of para-hydroxylation sites is 1. The molecule has 3 rings (SSSR count). The van der Waals surface area contributed by atoms with Crippen molar-refractivity contribution >= 4 is 17.6 Å². The largest absolute Gasteiger partial charge is 0.466 e. The van der Waals surface area contributed by atoms with Crippen LogP contribution in [0.25, 0.3) is 0 Å². The van der Waals surface area contributed by atoms with Gasteiger partial charge in [0.05, 0.1) is 31.4 Å². The van der Waals surface area contributed by atoms with Gasteiger partial charge in [-0.05, 0) is 18.2 Å². The fourth-order valence-electron chi connectivity index (χ4n) is 3.26. The molecule has 2 unspecified atom stereocenters. The van der Waals surface area contributed by atoms with Crippen LogP contribution in [0.5, 0.6) is 0 Å². The van der Waals surface area contributed by atoms with Crippen LogP contribution in [0.2, 0.25) is 0 Å². The van der Waals surface area contributed by atoms with Crippen molar-refractivity contribution in [1.82, 2.24) is 0 Å². The Morgan fingerprint density at radius 1 is 1.24 bits per heavy atom. The highest BCUT2D eigenvalue weighted by Gasteiger charge is 2.57. The highest BCUT2D eigenvalue weighted by Crippen LogP contribution is 2.47. The Labute approximate surface area is 145 Å². The number of methoxy groups -OCH3 is 2. The lowest BCUT2D eigenvalue weighted by molar-refractivity contribution is -0.139. The smallest absolute Gasteiger partial charge is 0.337 e. The summed E-state index contributed by atoms with van der Waals surface area (Å²) in [6.45, 7) is 3.86. The molecule has 0 spiro atoms. The number of hydrogen-bond donors (Lipinski definition) is 1. The number of carbonyl (C=O) groups excluding carboxylic acids is 2. The van der Waals surface area contributed by atoms with Gasteiger partial charge in [-0.2, -0.15) is 0 Å². The minimum Gasteiger partial charge on any atom is -0.466 e. The number of fused-ring (bicyclic) bond motifs is 2. The summed E-state index contributed by atoms with van der Waals surface area (Å²) < 4.78 is 15.8. The number of anilines is 1. The number of esters is 2. The molecule has 0 saturated heterocycles. The highest BCUT2D eigenvalue weighted by molar-refractivity contribution is 6.05. The zero-order chi connectivity index (χ0) is 18.0. The Hall–Kier alpha value is -2.86. The van der Waals surface area contributed by atoms with Crippen molar-refractivity contribution < 1.29 is 23.8 Å². The molecule has 1 N–H and O–H groups in total. The molecule has 0 amide bonds. The van der Waals surface area contributed by atoms with E-state index in [0.29, 0.717) is 0 Å². The van der Waals surface area contributed by atoms with Crippen LogP contribution in [0.3, 0.4) is 0 Å². The topological polar surface area (TPSA) is 73.9 Å². The predicted molar refractivity (Wildman–Crippen MR) is 91.9 cm³/mol. The monoisotopic (exact) mass is 341 g/mol. The van der Waals surface area contributed by atoms with E-state index in [0.717, 1.165) is 5.69 Å². The van der Waals surface area contributed by atoms with Gasteiger partial charge in [-0.3, -0.25) is 0 Å². The number of carbonyl (C=O) groups is 2. The molecule has 1 aromatic carbocycles. The van der Waals surface area contributed by atoms with Crippen molar-refractivity contribution in [3.63, 3.8) is 0 Å². The van der Waals surface area contributed by atoms with Gasteiger partial charge in [-0.25, -0.2) is 9.59 Å². The summed E-state index contributed by atoms with van der Waals surface area (Å²) in [5.41, 5.74) is -0.0435. The maximum Gasteiger partial charge on any atom is 0.337 e. The Morgan fingerprint density at radius 3 is 2.52 bits per heavy atom. The fourth-order valence-corrected chi connectivity index (χ4v) is 3.26. The predicted octanol–water partition coefficient (Wildman–Crippen LogP) is 2.00. The first-order chi connectivity index (χ1) is 12.1. The quantitative estimate of drug-likeness (QED) is 0.630. The number of ether oxygens (including phenoxy) is 3. The molecule has 130 valence electrons. The van der Waals surface area contributed by atoms with E-state index in [1.807, 2.05) is 30.3 Å². The summed E-state index contributed by atoms with van der Waals surface area (Å²) in [5.74, 6) is -1.24. The van der Waals surface area contributed by atoms with E-state index >= 15 is 0 Å². The zero-order valence-corrected chi connectivity index (χ0v) is 14.0. The lowest BCUT2D eigenvalue weighted by Gasteiger charge is -2.33. The molecule has 3 atom stereocenters. The van der Waals surface area contributed by atoms with Gasteiger partial charge in [-0.1, -0.05) is 30.4 Å². The molecule has 2 heterocycles. The van der Waals surface area contributed by atoms with Gasteiger partial charge in [0.1, 0.15) is 11.7 Å². The Balaban J connectivity index is 2.06. The highest BCUT2D eigenvalue weighted by atomic mass is 16.6. The van der Waals surface area contributed by atoms with Gasteiger partial charge >= 0.3 is 11.9 Å². The van der Waals surface area contributed by atoms with Crippen molar-refractivity contribution in [3.05, 3.63) is 66.3 Å². The molecule has 25 heavy (non-hydrogen) atoms. The first-order valence-electron chi connectivity index (χ1n) is 7.80. The second kappa shape index (κ2) is 6.57. The van der Waals surface area contributed by atoms with Crippen LogP contribution in [0.15, 0.2) is 66.3 Å².